The van der Waals surface area contributed by atoms with Gasteiger partial charge in [-0.3, -0.25) is 9.59 Å². The Morgan fingerprint density at radius 3 is 2.15 bits per heavy atom. The summed E-state index contributed by atoms with van der Waals surface area (Å²) in [6, 6.07) is 12.7. The molecule has 0 aliphatic carbocycles. The molecular formula is C20H17BrFN3O2. The van der Waals surface area contributed by atoms with Gasteiger partial charge < -0.3 is 0 Å². The van der Waals surface area contributed by atoms with Gasteiger partial charge in [0.15, 0.2) is 0 Å². The maximum atomic E-state index is 13.4. The van der Waals surface area contributed by atoms with Gasteiger partial charge in [0.05, 0.1) is 17.6 Å². The minimum absolute atomic E-state index is 0.177. The van der Waals surface area contributed by atoms with Crippen molar-refractivity contribution in [2.75, 3.05) is 18.0 Å². The monoisotopic (exact) mass is 429 g/mol. The summed E-state index contributed by atoms with van der Waals surface area (Å²) in [5, 5.41) is 4.16. The van der Waals surface area contributed by atoms with Gasteiger partial charge >= 0.3 is 0 Å². The molecule has 2 aromatic carbocycles. The van der Waals surface area contributed by atoms with Gasteiger partial charge in [0.25, 0.3) is 5.91 Å². The van der Waals surface area contributed by atoms with Crippen molar-refractivity contribution in [2.45, 2.75) is 18.5 Å². The van der Waals surface area contributed by atoms with Crippen LogP contribution in [0.5, 0.6) is 0 Å². The fourth-order valence-electron chi connectivity index (χ4n) is 4.62. The number of benzene rings is 2. The van der Waals surface area contributed by atoms with Crippen molar-refractivity contribution >= 4 is 33.4 Å². The van der Waals surface area contributed by atoms with E-state index in [4.69, 9.17) is 0 Å². The summed E-state index contributed by atoms with van der Waals surface area (Å²) in [5.74, 6) is -1.15. The smallest absolute Gasteiger partial charge is 0.253 e. The quantitative estimate of drug-likeness (QED) is 0.687. The summed E-state index contributed by atoms with van der Waals surface area (Å²) < 4.78 is 14.3. The number of carbonyl (C=O) groups is 2. The minimum Gasteiger partial charge on any atom is -0.274 e. The number of halogens is 2. The van der Waals surface area contributed by atoms with Crippen molar-refractivity contribution in [3.05, 3.63) is 64.4 Å². The van der Waals surface area contributed by atoms with Crippen molar-refractivity contribution < 1.29 is 14.0 Å². The molecule has 0 spiro atoms. The Hall–Kier alpha value is -2.09. The fourth-order valence-corrected chi connectivity index (χ4v) is 4.88. The average Bonchev–Trinajstić information content (AvgIpc) is 3.30. The Kier molecular flexibility index (Phi) is 3.93. The first kappa shape index (κ1) is 17.0. The van der Waals surface area contributed by atoms with E-state index in [0.29, 0.717) is 5.69 Å². The van der Waals surface area contributed by atoms with Crippen LogP contribution in [0.2, 0.25) is 0 Å². The van der Waals surface area contributed by atoms with Crippen LogP contribution in [0.4, 0.5) is 10.1 Å². The molecule has 5 nitrogen and oxygen atoms in total. The Morgan fingerprint density at radius 2 is 1.48 bits per heavy atom. The molecule has 3 heterocycles. The normalized spacial score (nSPS) is 28.1. The van der Waals surface area contributed by atoms with E-state index >= 15 is 0 Å². The second-order valence-corrected chi connectivity index (χ2v) is 8.05. The molecular weight excluding hydrogens is 413 g/mol. The van der Waals surface area contributed by atoms with Gasteiger partial charge in [-0.15, -0.1) is 0 Å². The number of hydrogen-bond acceptors (Lipinski definition) is 4. The van der Waals surface area contributed by atoms with Crippen LogP contribution < -0.4 is 4.90 Å². The predicted molar refractivity (Wildman–Crippen MR) is 101 cm³/mol. The number of amides is 2. The van der Waals surface area contributed by atoms with E-state index in [1.807, 2.05) is 17.1 Å². The number of anilines is 1. The lowest BCUT2D eigenvalue weighted by atomic mass is 9.90. The van der Waals surface area contributed by atoms with Crippen molar-refractivity contribution in [3.63, 3.8) is 0 Å². The Labute approximate surface area is 164 Å². The van der Waals surface area contributed by atoms with Crippen LogP contribution in [0.15, 0.2) is 53.0 Å². The van der Waals surface area contributed by atoms with Gasteiger partial charge in [-0.1, -0.05) is 28.1 Å². The lowest BCUT2D eigenvalue weighted by Crippen LogP contribution is -2.44. The standard InChI is InChI=1S/C20H17BrFN3O2/c21-13-4-8-15(9-5-13)25-19(26)16-17(12-2-6-14(22)7-3-12)23-10-1-11-24(23)18(16)20(25)27/h2-9,16-18H,1,10-11H2. The molecule has 3 aliphatic rings. The molecule has 0 aromatic heterocycles. The summed E-state index contributed by atoms with van der Waals surface area (Å²) in [6.45, 7) is 1.56. The first-order valence-electron chi connectivity index (χ1n) is 8.98. The Balaban J connectivity index is 1.57. The molecule has 3 saturated heterocycles. The second kappa shape index (κ2) is 6.22. The van der Waals surface area contributed by atoms with Crippen LogP contribution >= 0.6 is 15.9 Å². The van der Waals surface area contributed by atoms with Crippen LogP contribution in [-0.4, -0.2) is 41.0 Å². The summed E-state index contributed by atoms with van der Waals surface area (Å²) in [7, 11) is 0. The van der Waals surface area contributed by atoms with Gasteiger partial charge in [0.1, 0.15) is 11.9 Å². The van der Waals surface area contributed by atoms with Crippen LogP contribution in [0.3, 0.4) is 0 Å². The topological polar surface area (TPSA) is 43.9 Å². The van der Waals surface area contributed by atoms with Crippen molar-refractivity contribution in [1.29, 1.82) is 0 Å². The molecule has 2 aromatic rings. The maximum Gasteiger partial charge on any atom is 0.253 e. The molecule has 138 valence electrons. The lowest BCUT2D eigenvalue weighted by molar-refractivity contribution is -0.126. The first-order chi connectivity index (χ1) is 13.1. The number of fused-ring (bicyclic) bond motifs is 3. The van der Waals surface area contributed by atoms with Gasteiger partial charge in [-0.2, -0.15) is 0 Å². The average molecular weight is 430 g/mol. The molecule has 0 N–H and O–H groups in total. The zero-order valence-electron chi connectivity index (χ0n) is 14.4. The third-order valence-electron chi connectivity index (χ3n) is 5.70. The van der Waals surface area contributed by atoms with Crippen LogP contribution in [0, 0.1) is 11.7 Å². The Morgan fingerprint density at radius 1 is 0.852 bits per heavy atom. The zero-order chi connectivity index (χ0) is 18.7. The van der Waals surface area contributed by atoms with Crippen LogP contribution in [0.1, 0.15) is 18.0 Å². The summed E-state index contributed by atoms with van der Waals surface area (Å²) in [6.07, 6.45) is 0.945. The van der Waals surface area contributed by atoms with E-state index in [1.165, 1.54) is 17.0 Å². The molecule has 5 rings (SSSR count). The van der Waals surface area contributed by atoms with Crippen LogP contribution in [-0.2, 0) is 9.59 Å². The summed E-state index contributed by atoms with van der Waals surface area (Å²) in [4.78, 5) is 27.9. The van der Waals surface area contributed by atoms with Gasteiger partial charge in [-0.05, 0) is 48.4 Å². The predicted octanol–water partition coefficient (Wildman–Crippen LogP) is 3.12. The molecule has 7 heteroatoms. The lowest BCUT2D eigenvalue weighted by Gasteiger charge is -2.29. The highest BCUT2D eigenvalue weighted by Crippen LogP contribution is 2.48. The zero-order valence-corrected chi connectivity index (χ0v) is 16.0. The molecule has 3 aliphatic heterocycles. The number of nitrogens with zero attached hydrogens (tertiary/aromatic N) is 3. The minimum atomic E-state index is -0.487. The molecule has 0 bridgehead atoms. The highest BCUT2D eigenvalue weighted by atomic mass is 79.9. The van der Waals surface area contributed by atoms with Gasteiger partial charge in [0.2, 0.25) is 5.91 Å². The summed E-state index contributed by atoms with van der Waals surface area (Å²) in [5.41, 5.74) is 1.46. The van der Waals surface area contributed by atoms with Gasteiger partial charge in [0, 0.05) is 17.6 Å². The maximum absolute atomic E-state index is 13.4. The molecule has 3 unspecified atom stereocenters. The highest BCUT2D eigenvalue weighted by molar-refractivity contribution is 9.10. The number of hydrogen-bond donors (Lipinski definition) is 0. The highest BCUT2D eigenvalue weighted by Gasteiger charge is 2.62. The number of rotatable bonds is 2. The van der Waals surface area contributed by atoms with Crippen molar-refractivity contribution in [3.8, 4) is 0 Å². The molecule has 0 saturated carbocycles. The fraction of sp³-hybridized carbons (Fsp3) is 0.300. The third-order valence-corrected chi connectivity index (χ3v) is 6.23. The number of imide groups is 1. The van der Waals surface area contributed by atoms with E-state index in [2.05, 4.69) is 20.9 Å². The van der Waals surface area contributed by atoms with E-state index < -0.39 is 12.0 Å². The molecule has 3 atom stereocenters. The van der Waals surface area contributed by atoms with Crippen molar-refractivity contribution in [2.24, 2.45) is 5.92 Å². The molecule has 3 fully saturated rings. The first-order valence-corrected chi connectivity index (χ1v) is 9.77. The van der Waals surface area contributed by atoms with Gasteiger partial charge in [-0.25, -0.2) is 19.3 Å². The van der Waals surface area contributed by atoms with E-state index in [0.717, 1.165) is 29.5 Å². The van der Waals surface area contributed by atoms with E-state index in [-0.39, 0.29) is 23.7 Å². The second-order valence-electron chi connectivity index (χ2n) is 7.14. The van der Waals surface area contributed by atoms with E-state index in [9.17, 15) is 14.0 Å². The van der Waals surface area contributed by atoms with Crippen molar-refractivity contribution in [1.82, 2.24) is 10.0 Å². The molecule has 27 heavy (non-hydrogen) atoms. The van der Waals surface area contributed by atoms with E-state index in [1.54, 1.807) is 24.3 Å². The number of hydrazine groups is 1. The largest absolute Gasteiger partial charge is 0.274 e. The van der Waals surface area contributed by atoms with Crippen LogP contribution in [0.25, 0.3) is 0 Å². The third kappa shape index (κ3) is 2.49. The Bertz CT molecular complexity index is 918. The summed E-state index contributed by atoms with van der Waals surface area (Å²) >= 11 is 3.38. The molecule has 2 amide bonds. The number of carbonyl (C=O) groups excluding carboxylic acids is 2. The SMILES string of the molecule is O=C1C2C(C(=O)N1c1ccc(Br)cc1)N1CCCN1C2c1ccc(F)cc1. The molecule has 0 radical (unpaired) electrons.